The van der Waals surface area contributed by atoms with E-state index in [-0.39, 0.29) is 18.3 Å². The molecular weight excluding hydrogens is 240 g/mol. The fourth-order valence-corrected chi connectivity index (χ4v) is 1.18. The quantitative estimate of drug-likeness (QED) is 0.348. The van der Waals surface area contributed by atoms with Crippen molar-refractivity contribution in [2.45, 2.75) is 6.61 Å². The molecule has 0 amide bonds. The zero-order chi connectivity index (χ0) is 12.5. The lowest BCUT2D eigenvalue weighted by Gasteiger charge is -2.02. The third-order valence-corrected chi connectivity index (χ3v) is 2.19. The summed E-state index contributed by atoms with van der Waals surface area (Å²) in [5, 5.41) is 0. The Labute approximate surface area is 106 Å². The summed E-state index contributed by atoms with van der Waals surface area (Å²) in [6, 6.07) is 7.55. The van der Waals surface area contributed by atoms with Gasteiger partial charge in [0.15, 0.2) is 0 Å². The lowest BCUT2D eigenvalue weighted by atomic mass is 10.2. The molecule has 0 fully saturated rings. The number of ether oxygens (including phenoxy) is 2. The number of alkyl halides is 1. The van der Waals surface area contributed by atoms with Crippen molar-refractivity contribution in [3.63, 3.8) is 0 Å². The molecule has 4 heteroatoms. The van der Waals surface area contributed by atoms with Crippen LogP contribution >= 0.6 is 11.6 Å². The van der Waals surface area contributed by atoms with Gasteiger partial charge in [0.1, 0.15) is 12.4 Å². The predicted molar refractivity (Wildman–Crippen MR) is 66.2 cm³/mol. The topological polar surface area (TPSA) is 35.5 Å². The Morgan fingerprint density at radius 2 is 2.06 bits per heavy atom. The number of methoxy groups -OCH3 is 1. The molecule has 0 unspecified atom stereocenters. The van der Waals surface area contributed by atoms with E-state index in [1.807, 2.05) is 24.3 Å². The average Bonchev–Trinajstić information content (AvgIpc) is 2.38. The first-order chi connectivity index (χ1) is 8.26. The Bertz CT molecular complexity index is 415. The van der Waals surface area contributed by atoms with E-state index in [2.05, 4.69) is 11.8 Å². The van der Waals surface area contributed by atoms with Crippen LogP contribution in [0.1, 0.15) is 5.56 Å². The van der Waals surface area contributed by atoms with Gasteiger partial charge in [0.05, 0.1) is 19.6 Å². The zero-order valence-corrected chi connectivity index (χ0v) is 10.3. The maximum atomic E-state index is 10.7. The number of ketones is 1. The minimum absolute atomic E-state index is 0.0779. The second kappa shape index (κ2) is 7.72. The van der Waals surface area contributed by atoms with E-state index in [0.717, 1.165) is 11.3 Å². The second-order valence-electron chi connectivity index (χ2n) is 3.20. The molecule has 0 aliphatic rings. The van der Waals surface area contributed by atoms with Crippen LogP contribution in [0.3, 0.4) is 0 Å². The Kier molecular flexibility index (Phi) is 6.16. The number of carbonyl (C=O) groups is 1. The monoisotopic (exact) mass is 252 g/mol. The normalized spacial score (nSPS) is 9.29. The van der Waals surface area contributed by atoms with Crippen LogP contribution in [-0.4, -0.2) is 25.4 Å². The lowest BCUT2D eigenvalue weighted by Crippen LogP contribution is -1.96. The SMILES string of the molecule is COc1ccc(COCC#CC(=O)CCl)cc1. The Balaban J connectivity index is 2.30. The van der Waals surface area contributed by atoms with Crippen molar-refractivity contribution in [1.29, 1.82) is 0 Å². The van der Waals surface area contributed by atoms with Crippen molar-refractivity contribution in [3.05, 3.63) is 29.8 Å². The molecule has 0 aliphatic carbocycles. The molecule has 90 valence electrons. The van der Waals surface area contributed by atoms with Crippen LogP contribution in [-0.2, 0) is 16.1 Å². The Hall–Kier alpha value is -1.50. The van der Waals surface area contributed by atoms with E-state index in [9.17, 15) is 4.79 Å². The molecule has 17 heavy (non-hydrogen) atoms. The smallest absolute Gasteiger partial charge is 0.220 e. The first-order valence-electron chi connectivity index (χ1n) is 5.04. The minimum atomic E-state index is -0.292. The van der Waals surface area contributed by atoms with Crippen LogP contribution in [0.4, 0.5) is 0 Å². The maximum Gasteiger partial charge on any atom is 0.220 e. The molecule has 0 radical (unpaired) electrons. The number of hydrogen-bond donors (Lipinski definition) is 0. The number of benzene rings is 1. The molecule has 0 bridgehead atoms. The third kappa shape index (κ3) is 5.39. The molecule has 1 rings (SSSR count). The van der Waals surface area contributed by atoms with E-state index < -0.39 is 0 Å². The summed E-state index contributed by atoms with van der Waals surface area (Å²) in [5.74, 6) is 5.41. The van der Waals surface area contributed by atoms with Gasteiger partial charge < -0.3 is 9.47 Å². The van der Waals surface area contributed by atoms with Crippen LogP contribution in [0, 0.1) is 11.8 Å². The molecule has 3 nitrogen and oxygen atoms in total. The van der Waals surface area contributed by atoms with E-state index in [1.54, 1.807) is 7.11 Å². The molecule has 0 N–H and O–H groups in total. The highest BCUT2D eigenvalue weighted by atomic mass is 35.5. The predicted octanol–water partition coefficient (Wildman–Crippen LogP) is 2.02. The highest BCUT2D eigenvalue weighted by Crippen LogP contribution is 2.11. The number of halogens is 1. The van der Waals surface area contributed by atoms with Gasteiger partial charge in [-0.25, -0.2) is 0 Å². The van der Waals surface area contributed by atoms with Crippen molar-refractivity contribution in [3.8, 4) is 17.6 Å². The van der Waals surface area contributed by atoms with Gasteiger partial charge in [-0.15, -0.1) is 11.6 Å². The molecule has 0 atom stereocenters. The van der Waals surface area contributed by atoms with Gasteiger partial charge in [-0.1, -0.05) is 18.1 Å². The largest absolute Gasteiger partial charge is 0.497 e. The van der Waals surface area contributed by atoms with Crippen molar-refractivity contribution >= 4 is 17.4 Å². The van der Waals surface area contributed by atoms with E-state index in [0.29, 0.717) is 6.61 Å². The molecule has 0 heterocycles. The molecule has 1 aromatic rings. The molecule has 0 saturated carbocycles. The van der Waals surface area contributed by atoms with E-state index in [1.165, 1.54) is 0 Å². The number of Topliss-reactive ketones (excluding diaryl/α,β-unsaturated/α-hetero) is 1. The molecular formula is C13H13ClO3. The molecule has 0 aromatic heterocycles. The first-order valence-corrected chi connectivity index (χ1v) is 5.58. The Morgan fingerprint density at radius 1 is 1.35 bits per heavy atom. The van der Waals surface area contributed by atoms with Crippen LogP contribution < -0.4 is 4.74 Å². The summed E-state index contributed by atoms with van der Waals surface area (Å²) in [6.07, 6.45) is 0. The fraction of sp³-hybridized carbons (Fsp3) is 0.308. The molecule has 0 aliphatic heterocycles. The van der Waals surface area contributed by atoms with Crippen LogP contribution in [0.25, 0.3) is 0 Å². The number of hydrogen-bond acceptors (Lipinski definition) is 3. The summed E-state index contributed by atoms with van der Waals surface area (Å²) >= 11 is 5.28. The molecule has 0 saturated heterocycles. The van der Waals surface area contributed by atoms with E-state index >= 15 is 0 Å². The average molecular weight is 253 g/mol. The summed E-state index contributed by atoms with van der Waals surface area (Å²) < 4.78 is 10.3. The van der Waals surface area contributed by atoms with Crippen molar-refractivity contribution in [2.75, 3.05) is 19.6 Å². The van der Waals surface area contributed by atoms with Crippen molar-refractivity contribution < 1.29 is 14.3 Å². The highest BCUT2D eigenvalue weighted by Gasteiger charge is 1.94. The maximum absolute atomic E-state index is 10.7. The fourth-order valence-electron chi connectivity index (χ4n) is 1.11. The summed E-state index contributed by atoms with van der Waals surface area (Å²) in [6.45, 7) is 0.669. The zero-order valence-electron chi connectivity index (χ0n) is 9.53. The van der Waals surface area contributed by atoms with Gasteiger partial charge in [-0.05, 0) is 23.6 Å². The molecule has 1 aromatic carbocycles. The number of rotatable bonds is 5. The van der Waals surface area contributed by atoms with Gasteiger partial charge in [-0.2, -0.15) is 0 Å². The van der Waals surface area contributed by atoms with Gasteiger partial charge in [0, 0.05) is 0 Å². The summed E-state index contributed by atoms with van der Waals surface area (Å²) in [4.78, 5) is 10.7. The van der Waals surface area contributed by atoms with Crippen LogP contribution in [0.5, 0.6) is 5.75 Å². The van der Waals surface area contributed by atoms with Crippen molar-refractivity contribution in [1.82, 2.24) is 0 Å². The highest BCUT2D eigenvalue weighted by molar-refractivity contribution is 6.30. The van der Waals surface area contributed by atoms with Gasteiger partial charge in [-0.3, -0.25) is 4.79 Å². The summed E-state index contributed by atoms with van der Waals surface area (Å²) in [7, 11) is 1.62. The molecule has 0 spiro atoms. The lowest BCUT2D eigenvalue weighted by molar-refractivity contribution is -0.111. The van der Waals surface area contributed by atoms with Gasteiger partial charge in [0.25, 0.3) is 0 Å². The second-order valence-corrected chi connectivity index (χ2v) is 3.47. The summed E-state index contributed by atoms with van der Waals surface area (Å²) in [5.41, 5.74) is 1.02. The third-order valence-electron chi connectivity index (χ3n) is 1.95. The van der Waals surface area contributed by atoms with E-state index in [4.69, 9.17) is 21.1 Å². The van der Waals surface area contributed by atoms with Gasteiger partial charge >= 0.3 is 0 Å². The van der Waals surface area contributed by atoms with Crippen LogP contribution in [0.2, 0.25) is 0 Å². The van der Waals surface area contributed by atoms with Gasteiger partial charge in [0.2, 0.25) is 5.78 Å². The Morgan fingerprint density at radius 3 is 2.65 bits per heavy atom. The van der Waals surface area contributed by atoms with Crippen LogP contribution in [0.15, 0.2) is 24.3 Å². The minimum Gasteiger partial charge on any atom is -0.497 e. The number of carbonyl (C=O) groups excluding carboxylic acids is 1. The standard InChI is InChI=1S/C13H13ClO3/c1-16-13-6-4-11(5-7-13)10-17-8-2-3-12(15)9-14/h4-7H,8-10H2,1H3. The first kappa shape index (κ1) is 13.6. The van der Waals surface area contributed by atoms with Crippen molar-refractivity contribution in [2.24, 2.45) is 0 Å².